The first-order valence-corrected chi connectivity index (χ1v) is 8.33. The molecule has 0 saturated heterocycles. The summed E-state index contributed by atoms with van der Waals surface area (Å²) in [4.78, 5) is 10.1. The zero-order valence-corrected chi connectivity index (χ0v) is 13.5. The first kappa shape index (κ1) is 14.0. The Morgan fingerprint density at radius 3 is 2.67 bits per heavy atom. The molecule has 0 aliphatic carbocycles. The van der Waals surface area contributed by atoms with Crippen molar-refractivity contribution in [3.63, 3.8) is 0 Å². The summed E-state index contributed by atoms with van der Waals surface area (Å²) in [7, 11) is 1.88. The fraction of sp³-hybridized carbons (Fsp3) is 0.200. The molecule has 0 spiro atoms. The quantitative estimate of drug-likeness (QED) is 0.739. The van der Waals surface area contributed by atoms with Crippen molar-refractivity contribution in [1.29, 1.82) is 0 Å². The van der Waals surface area contributed by atoms with Gasteiger partial charge in [-0.05, 0) is 6.92 Å². The highest BCUT2D eigenvalue weighted by Gasteiger charge is 2.05. The van der Waals surface area contributed by atoms with Crippen LogP contribution in [-0.2, 0) is 6.54 Å². The maximum Gasteiger partial charge on any atom is 0.183 e. The first-order valence-electron chi connectivity index (χ1n) is 6.63. The number of hydrogen-bond acceptors (Lipinski definition) is 6. The highest BCUT2D eigenvalue weighted by atomic mass is 32.1. The summed E-state index contributed by atoms with van der Waals surface area (Å²) in [5.74, 6) is 0. The van der Waals surface area contributed by atoms with Crippen LogP contribution in [0.5, 0.6) is 0 Å². The Morgan fingerprint density at radius 2 is 1.95 bits per heavy atom. The van der Waals surface area contributed by atoms with Crippen molar-refractivity contribution in [2.45, 2.75) is 13.5 Å². The van der Waals surface area contributed by atoms with Gasteiger partial charge in [-0.1, -0.05) is 29.8 Å². The van der Waals surface area contributed by atoms with Crippen molar-refractivity contribution in [2.75, 3.05) is 17.7 Å². The Labute approximate surface area is 131 Å². The van der Waals surface area contributed by atoms with Gasteiger partial charge in [0.15, 0.2) is 10.3 Å². The summed E-state index contributed by atoms with van der Waals surface area (Å²) in [6.07, 6.45) is 1.89. The van der Waals surface area contributed by atoms with Gasteiger partial charge >= 0.3 is 0 Å². The van der Waals surface area contributed by atoms with E-state index in [1.807, 2.05) is 13.2 Å². The van der Waals surface area contributed by atoms with Gasteiger partial charge in [0.2, 0.25) is 0 Å². The number of anilines is 2. The number of aromatic nitrogens is 2. The Hall–Kier alpha value is -1.92. The van der Waals surface area contributed by atoms with Gasteiger partial charge in [-0.15, -0.1) is 22.7 Å². The van der Waals surface area contributed by atoms with Crippen molar-refractivity contribution >= 4 is 32.9 Å². The molecule has 1 aromatic carbocycles. The van der Waals surface area contributed by atoms with E-state index in [1.165, 1.54) is 10.4 Å². The number of thiazole rings is 2. The van der Waals surface area contributed by atoms with Crippen LogP contribution in [0.2, 0.25) is 0 Å². The number of benzene rings is 1. The molecule has 0 bridgehead atoms. The lowest BCUT2D eigenvalue weighted by molar-refractivity contribution is 1.16. The van der Waals surface area contributed by atoms with Crippen molar-refractivity contribution in [3.05, 3.63) is 46.3 Å². The predicted molar refractivity (Wildman–Crippen MR) is 91.3 cm³/mol. The van der Waals surface area contributed by atoms with E-state index < -0.39 is 0 Å². The highest BCUT2D eigenvalue weighted by Crippen LogP contribution is 2.26. The molecule has 0 unspecified atom stereocenters. The Bertz CT molecular complexity index is 715. The van der Waals surface area contributed by atoms with Gasteiger partial charge in [0, 0.05) is 29.1 Å². The zero-order chi connectivity index (χ0) is 14.7. The van der Waals surface area contributed by atoms with Crippen LogP contribution in [0.15, 0.2) is 35.8 Å². The van der Waals surface area contributed by atoms with Crippen LogP contribution in [0.3, 0.4) is 0 Å². The van der Waals surface area contributed by atoms with Crippen LogP contribution in [0.4, 0.5) is 10.3 Å². The molecule has 0 atom stereocenters. The smallest absolute Gasteiger partial charge is 0.183 e. The average molecular weight is 316 g/mol. The van der Waals surface area contributed by atoms with Crippen molar-refractivity contribution in [1.82, 2.24) is 9.97 Å². The second-order valence-electron chi connectivity index (χ2n) is 4.64. The third-order valence-electron chi connectivity index (χ3n) is 3.03. The third kappa shape index (κ3) is 3.40. The Morgan fingerprint density at radius 1 is 1.14 bits per heavy atom. The maximum absolute atomic E-state index is 4.63. The minimum Gasteiger partial charge on any atom is -0.365 e. The molecule has 21 heavy (non-hydrogen) atoms. The first-order chi connectivity index (χ1) is 10.2. The number of aryl methyl sites for hydroxylation is 1. The maximum atomic E-state index is 4.63. The lowest BCUT2D eigenvalue weighted by Crippen LogP contribution is -1.96. The van der Waals surface area contributed by atoms with Gasteiger partial charge in [0.1, 0.15) is 0 Å². The number of nitrogens with zero attached hydrogens (tertiary/aromatic N) is 2. The standard InChI is InChI=1S/C15H16N4S2/c1-10-3-5-11(6-4-10)13-9-20-15(19-13)18-8-12-7-17-14(16-2)21-12/h3-7,9H,8H2,1-2H3,(H,16,17)(H,18,19). The summed E-state index contributed by atoms with van der Waals surface area (Å²) in [6.45, 7) is 2.84. The molecular weight excluding hydrogens is 300 g/mol. The van der Waals surface area contributed by atoms with Gasteiger partial charge in [-0.3, -0.25) is 0 Å². The molecule has 4 nitrogen and oxygen atoms in total. The summed E-state index contributed by atoms with van der Waals surface area (Å²) in [6, 6.07) is 8.43. The summed E-state index contributed by atoms with van der Waals surface area (Å²) >= 11 is 3.28. The average Bonchev–Trinajstić information content (AvgIpc) is 3.15. The minimum absolute atomic E-state index is 0.750. The predicted octanol–water partition coefficient (Wildman–Crippen LogP) is 4.23. The van der Waals surface area contributed by atoms with Crippen molar-refractivity contribution in [2.24, 2.45) is 0 Å². The van der Waals surface area contributed by atoms with Gasteiger partial charge in [0.05, 0.1) is 12.2 Å². The molecule has 0 saturated carbocycles. The molecule has 6 heteroatoms. The molecule has 2 aromatic heterocycles. The molecule has 3 rings (SSSR count). The van der Waals surface area contributed by atoms with Crippen LogP contribution < -0.4 is 10.6 Å². The van der Waals surface area contributed by atoms with E-state index in [0.717, 1.165) is 28.1 Å². The Balaban J connectivity index is 1.66. The number of hydrogen-bond donors (Lipinski definition) is 2. The lowest BCUT2D eigenvalue weighted by Gasteiger charge is -1.99. The van der Waals surface area contributed by atoms with E-state index in [0.29, 0.717) is 0 Å². The van der Waals surface area contributed by atoms with Gasteiger partial charge in [0.25, 0.3) is 0 Å². The highest BCUT2D eigenvalue weighted by molar-refractivity contribution is 7.15. The topological polar surface area (TPSA) is 49.8 Å². The normalized spacial score (nSPS) is 10.6. The van der Waals surface area contributed by atoms with E-state index in [9.17, 15) is 0 Å². The van der Waals surface area contributed by atoms with Gasteiger partial charge in [-0.2, -0.15) is 0 Å². The fourth-order valence-corrected chi connectivity index (χ4v) is 3.30. The van der Waals surface area contributed by atoms with Crippen LogP contribution in [-0.4, -0.2) is 17.0 Å². The second kappa shape index (κ2) is 6.24. The fourth-order valence-electron chi connectivity index (χ4n) is 1.88. The largest absolute Gasteiger partial charge is 0.365 e. The van der Waals surface area contributed by atoms with Crippen LogP contribution >= 0.6 is 22.7 Å². The minimum atomic E-state index is 0.750. The molecule has 0 amide bonds. The van der Waals surface area contributed by atoms with Crippen molar-refractivity contribution in [3.8, 4) is 11.3 Å². The zero-order valence-electron chi connectivity index (χ0n) is 11.9. The number of nitrogens with one attached hydrogen (secondary N) is 2. The van der Waals surface area contributed by atoms with Crippen LogP contribution in [0.25, 0.3) is 11.3 Å². The summed E-state index contributed by atoms with van der Waals surface area (Å²) < 4.78 is 0. The van der Waals surface area contributed by atoms with E-state index in [4.69, 9.17) is 0 Å². The molecule has 2 N–H and O–H groups in total. The Kier molecular flexibility index (Phi) is 4.17. The molecule has 0 radical (unpaired) electrons. The monoisotopic (exact) mass is 316 g/mol. The molecule has 0 aliphatic rings. The summed E-state index contributed by atoms with van der Waals surface area (Å²) in [5.41, 5.74) is 3.43. The van der Waals surface area contributed by atoms with Gasteiger partial charge < -0.3 is 10.6 Å². The molecule has 2 heterocycles. The van der Waals surface area contributed by atoms with Gasteiger partial charge in [-0.25, -0.2) is 9.97 Å². The third-order valence-corrected chi connectivity index (χ3v) is 4.85. The second-order valence-corrected chi connectivity index (χ2v) is 6.61. The van der Waals surface area contributed by atoms with Crippen molar-refractivity contribution < 1.29 is 0 Å². The number of rotatable bonds is 5. The van der Waals surface area contributed by atoms with Crippen LogP contribution in [0, 0.1) is 6.92 Å². The summed E-state index contributed by atoms with van der Waals surface area (Å²) in [5, 5.41) is 10.3. The molecule has 0 fully saturated rings. The van der Waals surface area contributed by atoms with E-state index in [2.05, 4.69) is 57.2 Å². The van der Waals surface area contributed by atoms with E-state index in [1.54, 1.807) is 22.7 Å². The molecule has 0 aliphatic heterocycles. The van der Waals surface area contributed by atoms with Crippen LogP contribution in [0.1, 0.15) is 10.4 Å². The lowest BCUT2D eigenvalue weighted by atomic mass is 10.1. The SMILES string of the molecule is CNc1ncc(CNc2nc(-c3ccc(C)cc3)cs2)s1. The molecule has 108 valence electrons. The molecular formula is C15H16N4S2. The van der Waals surface area contributed by atoms with E-state index in [-0.39, 0.29) is 0 Å². The van der Waals surface area contributed by atoms with E-state index >= 15 is 0 Å². The molecule has 3 aromatic rings.